The maximum Gasteiger partial charge on any atom is 0.206 e. The summed E-state index contributed by atoms with van der Waals surface area (Å²) in [5.74, 6) is 1.38. The molecule has 0 bridgehead atoms. The molecule has 4 nitrogen and oxygen atoms in total. The number of benzene rings is 1. The molecule has 0 saturated carbocycles. The third-order valence-corrected chi connectivity index (χ3v) is 3.62. The van der Waals surface area contributed by atoms with E-state index in [1.54, 1.807) is 0 Å². The number of ether oxygens (including phenoxy) is 2. The highest BCUT2D eigenvalue weighted by molar-refractivity contribution is 6.33. The minimum atomic E-state index is -0.461. The van der Waals surface area contributed by atoms with Crippen molar-refractivity contribution in [1.29, 1.82) is 0 Å². The first-order valence-electron chi connectivity index (χ1n) is 5.97. The zero-order valence-electron chi connectivity index (χ0n) is 9.79. The molecule has 18 heavy (non-hydrogen) atoms. The van der Waals surface area contributed by atoms with Crippen LogP contribution in [0.2, 0.25) is 5.02 Å². The van der Waals surface area contributed by atoms with Gasteiger partial charge in [-0.3, -0.25) is 0 Å². The minimum absolute atomic E-state index is 0.358. The quantitative estimate of drug-likeness (QED) is 0.803. The lowest BCUT2D eigenvalue weighted by Gasteiger charge is -2.34. The zero-order valence-corrected chi connectivity index (χ0v) is 11.3. The molecule has 0 spiro atoms. The van der Waals surface area contributed by atoms with E-state index in [1.165, 1.54) is 0 Å². The molecule has 6 heteroatoms. The second-order valence-electron chi connectivity index (χ2n) is 4.30. The van der Waals surface area contributed by atoms with Gasteiger partial charge in [-0.05, 0) is 12.1 Å². The van der Waals surface area contributed by atoms with E-state index in [0.29, 0.717) is 23.1 Å². The molecule has 1 aromatic carbocycles. The first-order valence-corrected chi connectivity index (χ1v) is 6.79. The van der Waals surface area contributed by atoms with Gasteiger partial charge in [0.05, 0.1) is 5.02 Å². The standard InChI is InChI=1S/C12H14Cl2N2O2/c13-8-1-2-9-12(18-10(14)7-17-9)11(8)16-5-3-15-4-6-16/h1-2,10,15H,3-7H2. The number of piperazine rings is 1. The average Bonchev–Trinajstić information content (AvgIpc) is 2.39. The van der Waals surface area contributed by atoms with E-state index < -0.39 is 5.56 Å². The van der Waals surface area contributed by atoms with Crippen LogP contribution in [-0.2, 0) is 0 Å². The molecule has 2 aliphatic rings. The summed E-state index contributed by atoms with van der Waals surface area (Å²) in [6.45, 7) is 4.02. The van der Waals surface area contributed by atoms with Crippen molar-refractivity contribution in [2.45, 2.75) is 5.56 Å². The van der Waals surface area contributed by atoms with E-state index >= 15 is 0 Å². The average molecular weight is 289 g/mol. The number of nitrogens with zero attached hydrogens (tertiary/aromatic N) is 1. The van der Waals surface area contributed by atoms with Crippen LogP contribution in [0, 0.1) is 0 Å². The number of alkyl halides is 1. The number of anilines is 1. The van der Waals surface area contributed by atoms with Gasteiger partial charge in [-0.1, -0.05) is 23.2 Å². The third kappa shape index (κ3) is 2.20. The SMILES string of the molecule is Clc1ccc2c(c1N1CCNCC1)OC(Cl)CO2. The summed E-state index contributed by atoms with van der Waals surface area (Å²) >= 11 is 12.3. The molecule has 1 saturated heterocycles. The van der Waals surface area contributed by atoms with Gasteiger partial charge in [0.15, 0.2) is 11.5 Å². The monoisotopic (exact) mass is 288 g/mol. The van der Waals surface area contributed by atoms with Crippen LogP contribution in [0.15, 0.2) is 12.1 Å². The molecule has 98 valence electrons. The van der Waals surface area contributed by atoms with Crippen LogP contribution in [0.1, 0.15) is 0 Å². The van der Waals surface area contributed by atoms with E-state index in [4.69, 9.17) is 32.7 Å². The van der Waals surface area contributed by atoms with Crippen LogP contribution in [0.4, 0.5) is 5.69 Å². The smallest absolute Gasteiger partial charge is 0.206 e. The number of hydrogen-bond donors (Lipinski definition) is 1. The molecule has 3 rings (SSSR count). The molecular formula is C12H14Cl2N2O2. The Morgan fingerprint density at radius 2 is 2.06 bits per heavy atom. The van der Waals surface area contributed by atoms with Crippen molar-refractivity contribution < 1.29 is 9.47 Å². The largest absolute Gasteiger partial charge is 0.484 e. The second-order valence-corrected chi connectivity index (χ2v) is 5.19. The Bertz CT molecular complexity index is 450. The lowest BCUT2D eigenvalue weighted by molar-refractivity contribution is 0.144. The van der Waals surface area contributed by atoms with Gasteiger partial charge >= 0.3 is 0 Å². The van der Waals surface area contributed by atoms with Gasteiger partial charge in [0, 0.05) is 26.2 Å². The fourth-order valence-corrected chi connectivity index (χ4v) is 2.68. The van der Waals surface area contributed by atoms with Gasteiger partial charge in [0.2, 0.25) is 5.56 Å². The fourth-order valence-electron chi connectivity index (χ4n) is 2.26. The van der Waals surface area contributed by atoms with Crippen LogP contribution >= 0.6 is 23.2 Å². The highest BCUT2D eigenvalue weighted by atomic mass is 35.5. The summed E-state index contributed by atoms with van der Waals surface area (Å²) in [5.41, 5.74) is 0.429. The zero-order chi connectivity index (χ0) is 12.5. The topological polar surface area (TPSA) is 33.7 Å². The van der Waals surface area contributed by atoms with Crippen LogP contribution < -0.4 is 19.7 Å². The highest BCUT2D eigenvalue weighted by Gasteiger charge is 2.27. The third-order valence-electron chi connectivity index (χ3n) is 3.09. The predicted molar refractivity (Wildman–Crippen MR) is 72.3 cm³/mol. The van der Waals surface area contributed by atoms with Gasteiger partial charge < -0.3 is 19.7 Å². The Morgan fingerprint density at radius 3 is 2.83 bits per heavy atom. The van der Waals surface area contributed by atoms with Crippen molar-refractivity contribution in [3.63, 3.8) is 0 Å². The van der Waals surface area contributed by atoms with Crippen molar-refractivity contribution in [2.75, 3.05) is 37.7 Å². The maximum atomic E-state index is 6.30. The minimum Gasteiger partial charge on any atom is -0.484 e. The van der Waals surface area contributed by atoms with Crippen molar-refractivity contribution in [3.05, 3.63) is 17.2 Å². The lowest BCUT2D eigenvalue weighted by Crippen LogP contribution is -2.44. The molecule has 0 aromatic heterocycles. The maximum absolute atomic E-state index is 6.30. The van der Waals surface area contributed by atoms with Crippen molar-refractivity contribution >= 4 is 28.9 Å². The van der Waals surface area contributed by atoms with Crippen LogP contribution in [0.25, 0.3) is 0 Å². The van der Waals surface area contributed by atoms with Crippen molar-refractivity contribution in [2.24, 2.45) is 0 Å². The molecule has 1 atom stereocenters. The normalized spacial score (nSPS) is 23.0. The number of rotatable bonds is 1. The Morgan fingerprint density at radius 1 is 1.28 bits per heavy atom. The molecular weight excluding hydrogens is 275 g/mol. The van der Waals surface area contributed by atoms with Crippen molar-refractivity contribution in [1.82, 2.24) is 5.32 Å². The number of nitrogens with one attached hydrogen (secondary N) is 1. The Hall–Kier alpha value is -0.840. The van der Waals surface area contributed by atoms with Gasteiger partial charge in [-0.15, -0.1) is 0 Å². The number of hydrogen-bond acceptors (Lipinski definition) is 4. The van der Waals surface area contributed by atoms with Crippen LogP contribution in [0.5, 0.6) is 11.5 Å². The molecule has 0 aliphatic carbocycles. The number of halogens is 2. The molecule has 1 fully saturated rings. The van der Waals surface area contributed by atoms with E-state index in [9.17, 15) is 0 Å². The number of fused-ring (bicyclic) bond motifs is 1. The first-order chi connectivity index (χ1) is 8.75. The van der Waals surface area contributed by atoms with Crippen LogP contribution in [0.3, 0.4) is 0 Å². The summed E-state index contributed by atoms with van der Waals surface area (Å²) in [6, 6.07) is 3.67. The van der Waals surface area contributed by atoms with Gasteiger partial charge in [0.1, 0.15) is 12.3 Å². The highest BCUT2D eigenvalue weighted by Crippen LogP contribution is 2.45. The van der Waals surface area contributed by atoms with Crippen molar-refractivity contribution in [3.8, 4) is 11.5 Å². The summed E-state index contributed by atoms with van der Waals surface area (Å²) in [7, 11) is 0. The molecule has 0 radical (unpaired) electrons. The van der Waals surface area contributed by atoms with Gasteiger partial charge in [0.25, 0.3) is 0 Å². The summed E-state index contributed by atoms with van der Waals surface area (Å²) < 4.78 is 11.3. The van der Waals surface area contributed by atoms with E-state index in [2.05, 4.69) is 10.2 Å². The van der Waals surface area contributed by atoms with Gasteiger partial charge in [-0.25, -0.2) is 0 Å². The van der Waals surface area contributed by atoms with E-state index in [1.807, 2.05) is 12.1 Å². The van der Waals surface area contributed by atoms with Crippen LogP contribution in [-0.4, -0.2) is 38.3 Å². The Balaban J connectivity index is 2.01. The molecule has 1 aromatic rings. The fraction of sp³-hybridized carbons (Fsp3) is 0.500. The van der Waals surface area contributed by atoms with Gasteiger partial charge in [-0.2, -0.15) is 0 Å². The summed E-state index contributed by atoms with van der Waals surface area (Å²) in [6.07, 6.45) is 0. The van der Waals surface area contributed by atoms with E-state index in [0.717, 1.165) is 31.9 Å². The summed E-state index contributed by atoms with van der Waals surface area (Å²) in [4.78, 5) is 2.20. The first kappa shape index (κ1) is 12.2. The summed E-state index contributed by atoms with van der Waals surface area (Å²) in [5, 5.41) is 3.98. The Labute approximate surface area is 116 Å². The lowest BCUT2D eigenvalue weighted by atomic mass is 10.2. The molecule has 0 amide bonds. The van der Waals surface area contributed by atoms with E-state index in [-0.39, 0.29) is 0 Å². The molecule has 1 N–H and O–H groups in total. The predicted octanol–water partition coefficient (Wildman–Crippen LogP) is 2.09. The molecule has 1 unspecified atom stereocenters. The Kier molecular flexibility index (Phi) is 3.41. The second kappa shape index (κ2) is 5.03. The molecule has 2 heterocycles. The molecule has 2 aliphatic heterocycles.